The Morgan fingerprint density at radius 1 is 1.15 bits per heavy atom. The lowest BCUT2D eigenvalue weighted by atomic mass is 10.1. The zero-order valence-electron chi connectivity index (χ0n) is 13.5. The summed E-state index contributed by atoms with van der Waals surface area (Å²) in [6.45, 7) is 10.3. The van der Waals surface area contributed by atoms with Gasteiger partial charge in [0.05, 0.1) is 6.54 Å². The van der Waals surface area contributed by atoms with Crippen molar-refractivity contribution in [2.45, 2.75) is 59.4 Å². The first-order valence-electron chi connectivity index (χ1n) is 7.98. The molecular formula is C18H29NO. The summed E-state index contributed by atoms with van der Waals surface area (Å²) in [4.78, 5) is 14.7. The van der Waals surface area contributed by atoms with E-state index >= 15 is 0 Å². The van der Waals surface area contributed by atoms with Crippen LogP contribution < -0.4 is 0 Å². The summed E-state index contributed by atoms with van der Waals surface area (Å²) in [7, 11) is 0. The van der Waals surface area contributed by atoms with Gasteiger partial charge in [0.2, 0.25) is 0 Å². The zero-order chi connectivity index (χ0) is 15.0. The SMILES string of the molecule is CCCCN(CC(=O)c1ccc(CC)cc1)C(C)CC. The van der Waals surface area contributed by atoms with Gasteiger partial charge in [0.25, 0.3) is 0 Å². The molecule has 1 aromatic rings. The van der Waals surface area contributed by atoms with Crippen LogP contribution in [0.2, 0.25) is 0 Å². The smallest absolute Gasteiger partial charge is 0.176 e. The first-order valence-corrected chi connectivity index (χ1v) is 7.98. The number of hydrogen-bond donors (Lipinski definition) is 0. The molecule has 1 atom stereocenters. The number of unbranched alkanes of at least 4 members (excludes halogenated alkanes) is 1. The topological polar surface area (TPSA) is 20.3 Å². The van der Waals surface area contributed by atoms with Crippen LogP contribution in [0.5, 0.6) is 0 Å². The van der Waals surface area contributed by atoms with Crippen LogP contribution in [0.15, 0.2) is 24.3 Å². The summed E-state index contributed by atoms with van der Waals surface area (Å²) >= 11 is 0. The molecule has 20 heavy (non-hydrogen) atoms. The third-order valence-electron chi connectivity index (χ3n) is 4.04. The predicted octanol–water partition coefficient (Wildman–Crippen LogP) is 4.33. The van der Waals surface area contributed by atoms with Gasteiger partial charge in [-0.1, -0.05) is 51.5 Å². The molecule has 0 fully saturated rings. The van der Waals surface area contributed by atoms with E-state index in [2.05, 4.69) is 44.7 Å². The van der Waals surface area contributed by atoms with Crippen LogP contribution in [0, 0.1) is 0 Å². The minimum atomic E-state index is 0.240. The average molecular weight is 275 g/mol. The Balaban J connectivity index is 2.68. The van der Waals surface area contributed by atoms with Gasteiger partial charge in [0.15, 0.2) is 5.78 Å². The van der Waals surface area contributed by atoms with Gasteiger partial charge in [-0.25, -0.2) is 0 Å². The molecule has 0 saturated heterocycles. The molecule has 0 aliphatic rings. The quantitative estimate of drug-likeness (QED) is 0.625. The Labute approximate surface area is 124 Å². The van der Waals surface area contributed by atoms with Crippen molar-refractivity contribution >= 4 is 5.78 Å². The highest BCUT2D eigenvalue weighted by Crippen LogP contribution is 2.10. The van der Waals surface area contributed by atoms with E-state index in [-0.39, 0.29) is 5.78 Å². The Morgan fingerprint density at radius 3 is 2.30 bits per heavy atom. The van der Waals surface area contributed by atoms with E-state index < -0.39 is 0 Å². The molecule has 0 aromatic heterocycles. The van der Waals surface area contributed by atoms with E-state index in [9.17, 15) is 4.79 Å². The maximum Gasteiger partial charge on any atom is 0.176 e. The molecule has 2 heteroatoms. The van der Waals surface area contributed by atoms with E-state index in [0.29, 0.717) is 12.6 Å². The van der Waals surface area contributed by atoms with Crippen molar-refractivity contribution in [2.24, 2.45) is 0 Å². The van der Waals surface area contributed by atoms with Crippen LogP contribution in [-0.2, 0) is 6.42 Å². The van der Waals surface area contributed by atoms with Gasteiger partial charge in [-0.15, -0.1) is 0 Å². The molecule has 0 spiro atoms. The average Bonchev–Trinajstić information content (AvgIpc) is 2.50. The van der Waals surface area contributed by atoms with E-state index in [0.717, 1.165) is 31.4 Å². The summed E-state index contributed by atoms with van der Waals surface area (Å²) in [5.41, 5.74) is 2.12. The van der Waals surface area contributed by atoms with Crippen molar-refractivity contribution in [1.82, 2.24) is 4.90 Å². The largest absolute Gasteiger partial charge is 0.293 e. The molecule has 112 valence electrons. The van der Waals surface area contributed by atoms with E-state index in [4.69, 9.17) is 0 Å². The number of hydrogen-bond acceptors (Lipinski definition) is 2. The monoisotopic (exact) mass is 275 g/mol. The molecule has 0 N–H and O–H groups in total. The standard InChI is InChI=1S/C18H29NO/c1-5-8-13-19(15(4)6-2)14-18(20)17-11-9-16(7-3)10-12-17/h9-12,15H,5-8,13-14H2,1-4H3. The highest BCUT2D eigenvalue weighted by atomic mass is 16.1. The molecule has 0 amide bonds. The Hall–Kier alpha value is -1.15. The second kappa shape index (κ2) is 8.91. The number of ketones is 1. The summed E-state index contributed by atoms with van der Waals surface area (Å²) < 4.78 is 0. The molecule has 1 unspecified atom stereocenters. The molecule has 0 heterocycles. The lowest BCUT2D eigenvalue weighted by Crippen LogP contribution is -2.37. The van der Waals surface area contributed by atoms with Crippen molar-refractivity contribution in [3.05, 3.63) is 35.4 Å². The van der Waals surface area contributed by atoms with Crippen molar-refractivity contribution in [3.63, 3.8) is 0 Å². The number of carbonyl (C=O) groups is 1. The number of Topliss-reactive ketones (excluding diaryl/α,β-unsaturated/α-hetero) is 1. The molecule has 2 nitrogen and oxygen atoms in total. The van der Waals surface area contributed by atoms with Gasteiger partial charge < -0.3 is 0 Å². The lowest BCUT2D eigenvalue weighted by Gasteiger charge is -2.27. The normalized spacial score (nSPS) is 12.7. The maximum atomic E-state index is 12.4. The highest BCUT2D eigenvalue weighted by Gasteiger charge is 2.16. The minimum absolute atomic E-state index is 0.240. The molecule has 0 bridgehead atoms. The van der Waals surface area contributed by atoms with Crippen molar-refractivity contribution in [3.8, 4) is 0 Å². The molecule has 0 aliphatic carbocycles. The number of rotatable bonds is 9. The van der Waals surface area contributed by atoms with E-state index in [1.807, 2.05) is 12.1 Å². The molecule has 0 saturated carbocycles. The van der Waals surface area contributed by atoms with Crippen LogP contribution in [0.3, 0.4) is 0 Å². The van der Waals surface area contributed by atoms with Crippen molar-refractivity contribution in [1.29, 1.82) is 0 Å². The molecule has 0 aliphatic heterocycles. The number of nitrogens with zero attached hydrogens (tertiary/aromatic N) is 1. The summed E-state index contributed by atoms with van der Waals surface area (Å²) in [5, 5.41) is 0. The number of aryl methyl sites for hydroxylation is 1. The van der Waals surface area contributed by atoms with Gasteiger partial charge in [0, 0.05) is 11.6 Å². The first kappa shape index (κ1) is 16.9. The molecule has 1 rings (SSSR count). The lowest BCUT2D eigenvalue weighted by molar-refractivity contribution is 0.0894. The van der Waals surface area contributed by atoms with Gasteiger partial charge >= 0.3 is 0 Å². The fourth-order valence-corrected chi connectivity index (χ4v) is 2.28. The van der Waals surface area contributed by atoms with E-state index in [1.54, 1.807) is 0 Å². The minimum Gasteiger partial charge on any atom is -0.293 e. The summed E-state index contributed by atoms with van der Waals surface area (Å²) in [6.07, 6.45) is 4.44. The van der Waals surface area contributed by atoms with Crippen LogP contribution in [0.25, 0.3) is 0 Å². The second-order valence-corrected chi connectivity index (χ2v) is 5.55. The third-order valence-corrected chi connectivity index (χ3v) is 4.04. The van der Waals surface area contributed by atoms with Crippen molar-refractivity contribution in [2.75, 3.05) is 13.1 Å². The second-order valence-electron chi connectivity index (χ2n) is 5.55. The first-order chi connectivity index (χ1) is 9.62. The highest BCUT2D eigenvalue weighted by molar-refractivity contribution is 5.97. The molecule has 1 aromatic carbocycles. The van der Waals surface area contributed by atoms with Crippen LogP contribution in [0.1, 0.15) is 62.9 Å². The van der Waals surface area contributed by atoms with Gasteiger partial charge in [-0.05, 0) is 38.3 Å². The van der Waals surface area contributed by atoms with Crippen molar-refractivity contribution < 1.29 is 4.79 Å². The van der Waals surface area contributed by atoms with Gasteiger partial charge in [-0.2, -0.15) is 0 Å². The zero-order valence-corrected chi connectivity index (χ0v) is 13.5. The Bertz CT molecular complexity index is 396. The van der Waals surface area contributed by atoms with Crippen LogP contribution in [-0.4, -0.2) is 29.8 Å². The molecular weight excluding hydrogens is 246 g/mol. The van der Waals surface area contributed by atoms with Crippen LogP contribution in [0.4, 0.5) is 0 Å². The molecule has 0 radical (unpaired) electrons. The number of benzene rings is 1. The number of carbonyl (C=O) groups excluding carboxylic acids is 1. The van der Waals surface area contributed by atoms with Gasteiger partial charge in [0.1, 0.15) is 0 Å². The Kier molecular flexibility index (Phi) is 7.53. The summed E-state index contributed by atoms with van der Waals surface area (Å²) in [5.74, 6) is 0.240. The summed E-state index contributed by atoms with van der Waals surface area (Å²) in [6, 6.07) is 8.53. The predicted molar refractivity (Wildman–Crippen MR) is 86.4 cm³/mol. The third kappa shape index (κ3) is 5.09. The Morgan fingerprint density at radius 2 is 1.80 bits per heavy atom. The fourth-order valence-electron chi connectivity index (χ4n) is 2.28. The van der Waals surface area contributed by atoms with E-state index in [1.165, 1.54) is 12.0 Å². The maximum absolute atomic E-state index is 12.4. The van der Waals surface area contributed by atoms with Crippen LogP contribution >= 0.6 is 0 Å². The fraction of sp³-hybridized carbons (Fsp3) is 0.611. The van der Waals surface area contributed by atoms with Gasteiger partial charge in [-0.3, -0.25) is 9.69 Å².